The molecule has 2 heterocycles. The zero-order valence-electron chi connectivity index (χ0n) is 7.71. The maximum atomic E-state index is 12.5. The van der Waals surface area contributed by atoms with Crippen LogP contribution in [-0.2, 0) is 6.18 Å². The van der Waals surface area contributed by atoms with Gasteiger partial charge in [-0.3, -0.25) is 0 Å². The number of alkyl halides is 3. The molecular weight excluding hydrogens is 209 g/mol. The number of aryl methyl sites for hydroxylation is 1. The van der Waals surface area contributed by atoms with Crippen molar-refractivity contribution in [2.45, 2.75) is 13.1 Å². The summed E-state index contributed by atoms with van der Waals surface area (Å²) in [5.41, 5.74) is 4.74. The normalized spacial score (nSPS) is 12.3. The van der Waals surface area contributed by atoms with Crippen molar-refractivity contribution in [3.63, 3.8) is 0 Å². The van der Waals surface area contributed by atoms with E-state index in [9.17, 15) is 13.2 Å². The Morgan fingerprint density at radius 1 is 1.40 bits per heavy atom. The van der Waals surface area contributed by atoms with Crippen LogP contribution in [0.3, 0.4) is 0 Å². The number of rotatable bonds is 0. The number of nitrogens with two attached hydrogens (primary N) is 1. The Balaban J connectivity index is 2.80. The second kappa shape index (κ2) is 2.85. The summed E-state index contributed by atoms with van der Waals surface area (Å²) in [7, 11) is 0. The minimum atomic E-state index is -4.46. The molecule has 0 fully saturated rings. The third-order valence-electron chi connectivity index (χ3n) is 1.98. The molecule has 0 bridgehead atoms. The van der Waals surface area contributed by atoms with E-state index in [-0.39, 0.29) is 11.5 Å². The molecule has 7 heteroatoms. The first kappa shape index (κ1) is 9.75. The Bertz CT molecular complexity index is 514. The van der Waals surface area contributed by atoms with Gasteiger partial charge in [-0.15, -0.1) is 0 Å². The van der Waals surface area contributed by atoms with Crippen LogP contribution in [0.5, 0.6) is 0 Å². The van der Waals surface area contributed by atoms with E-state index in [1.54, 1.807) is 6.92 Å². The third kappa shape index (κ3) is 1.49. The Labute approximate surface area is 82.5 Å². The summed E-state index contributed by atoms with van der Waals surface area (Å²) in [5.74, 6) is 0.0472. The minimum absolute atomic E-state index is 0.0472. The predicted molar refractivity (Wildman–Crippen MR) is 47.1 cm³/mol. The highest BCUT2D eigenvalue weighted by atomic mass is 19.4. The molecule has 2 aromatic rings. The second-order valence-electron chi connectivity index (χ2n) is 3.11. The van der Waals surface area contributed by atoms with Gasteiger partial charge in [-0.1, -0.05) is 0 Å². The fraction of sp³-hybridized carbons (Fsp3) is 0.250. The SMILES string of the molecule is Cc1cc(N)nc2c(C(F)(F)F)cnn12. The monoisotopic (exact) mass is 216 g/mol. The van der Waals surface area contributed by atoms with E-state index in [4.69, 9.17) is 5.73 Å². The lowest BCUT2D eigenvalue weighted by molar-refractivity contribution is -0.136. The highest BCUT2D eigenvalue weighted by Crippen LogP contribution is 2.32. The number of aromatic nitrogens is 3. The Morgan fingerprint density at radius 2 is 2.07 bits per heavy atom. The maximum absolute atomic E-state index is 12.5. The zero-order valence-corrected chi connectivity index (χ0v) is 7.71. The first-order chi connectivity index (χ1) is 6.89. The molecule has 0 saturated carbocycles. The van der Waals surface area contributed by atoms with Crippen molar-refractivity contribution in [1.29, 1.82) is 0 Å². The van der Waals surface area contributed by atoms with Gasteiger partial charge >= 0.3 is 6.18 Å². The van der Waals surface area contributed by atoms with E-state index < -0.39 is 11.7 Å². The lowest BCUT2D eigenvalue weighted by Gasteiger charge is -2.04. The van der Waals surface area contributed by atoms with Crippen LogP contribution in [-0.4, -0.2) is 14.6 Å². The molecule has 80 valence electrons. The van der Waals surface area contributed by atoms with E-state index in [0.29, 0.717) is 5.69 Å². The van der Waals surface area contributed by atoms with Crippen LogP contribution in [0.15, 0.2) is 12.3 Å². The van der Waals surface area contributed by atoms with Crippen LogP contribution in [0, 0.1) is 6.92 Å². The van der Waals surface area contributed by atoms with Gasteiger partial charge in [-0.2, -0.15) is 18.3 Å². The van der Waals surface area contributed by atoms with Crippen molar-refractivity contribution in [1.82, 2.24) is 14.6 Å². The fourth-order valence-electron chi connectivity index (χ4n) is 1.34. The van der Waals surface area contributed by atoms with Crippen LogP contribution in [0.4, 0.5) is 19.0 Å². The number of nitrogens with zero attached hydrogens (tertiary/aromatic N) is 3. The smallest absolute Gasteiger partial charge is 0.384 e. The van der Waals surface area contributed by atoms with E-state index in [1.807, 2.05) is 0 Å². The van der Waals surface area contributed by atoms with Crippen LogP contribution >= 0.6 is 0 Å². The molecular formula is C8H7F3N4. The highest BCUT2D eigenvalue weighted by molar-refractivity contribution is 5.53. The molecule has 0 aliphatic carbocycles. The fourth-order valence-corrected chi connectivity index (χ4v) is 1.34. The quantitative estimate of drug-likeness (QED) is 0.728. The first-order valence-electron chi connectivity index (χ1n) is 4.07. The molecule has 0 unspecified atom stereocenters. The largest absolute Gasteiger partial charge is 0.421 e. The van der Waals surface area contributed by atoms with Gasteiger partial charge < -0.3 is 5.73 Å². The number of hydrogen-bond acceptors (Lipinski definition) is 3. The van der Waals surface area contributed by atoms with Crippen molar-refractivity contribution in [2.75, 3.05) is 5.73 Å². The summed E-state index contributed by atoms with van der Waals surface area (Å²) in [6, 6.07) is 1.46. The Kier molecular flexibility index (Phi) is 1.85. The number of nitrogen functional groups attached to an aromatic ring is 1. The van der Waals surface area contributed by atoms with Gasteiger partial charge in [0.25, 0.3) is 0 Å². The lowest BCUT2D eigenvalue weighted by atomic mass is 10.3. The summed E-state index contributed by atoms with van der Waals surface area (Å²) in [6.07, 6.45) is -3.72. The molecule has 0 amide bonds. The second-order valence-corrected chi connectivity index (χ2v) is 3.11. The molecule has 15 heavy (non-hydrogen) atoms. The van der Waals surface area contributed by atoms with Crippen LogP contribution < -0.4 is 5.73 Å². The van der Waals surface area contributed by atoms with Gasteiger partial charge in [-0.25, -0.2) is 9.50 Å². The van der Waals surface area contributed by atoms with Gasteiger partial charge in [0.2, 0.25) is 0 Å². The van der Waals surface area contributed by atoms with Gasteiger partial charge in [0.05, 0.1) is 6.20 Å². The summed E-state index contributed by atoms with van der Waals surface area (Å²) in [6.45, 7) is 1.61. The van der Waals surface area contributed by atoms with E-state index in [1.165, 1.54) is 6.07 Å². The molecule has 2 aromatic heterocycles. The summed E-state index contributed by atoms with van der Waals surface area (Å²) < 4.78 is 38.6. The average Bonchev–Trinajstić information content (AvgIpc) is 2.45. The van der Waals surface area contributed by atoms with Gasteiger partial charge in [0.15, 0.2) is 5.65 Å². The van der Waals surface area contributed by atoms with Gasteiger partial charge in [0, 0.05) is 11.8 Å². The van der Waals surface area contributed by atoms with Crippen molar-refractivity contribution < 1.29 is 13.2 Å². The maximum Gasteiger partial charge on any atom is 0.421 e. The molecule has 0 spiro atoms. The highest BCUT2D eigenvalue weighted by Gasteiger charge is 2.35. The zero-order chi connectivity index (χ0) is 11.2. The van der Waals surface area contributed by atoms with E-state index >= 15 is 0 Å². The summed E-state index contributed by atoms with van der Waals surface area (Å²) in [4.78, 5) is 3.62. The van der Waals surface area contributed by atoms with E-state index in [2.05, 4.69) is 10.1 Å². The summed E-state index contributed by atoms with van der Waals surface area (Å²) >= 11 is 0. The first-order valence-corrected chi connectivity index (χ1v) is 4.07. The summed E-state index contributed by atoms with van der Waals surface area (Å²) in [5, 5.41) is 3.60. The average molecular weight is 216 g/mol. The van der Waals surface area contributed by atoms with Crippen LogP contribution in [0.2, 0.25) is 0 Å². The van der Waals surface area contributed by atoms with Crippen LogP contribution in [0.25, 0.3) is 5.65 Å². The molecule has 0 aliphatic heterocycles. The molecule has 0 aliphatic rings. The molecule has 0 saturated heterocycles. The number of hydrogen-bond donors (Lipinski definition) is 1. The predicted octanol–water partition coefficient (Wildman–Crippen LogP) is 1.64. The Morgan fingerprint density at radius 3 is 2.67 bits per heavy atom. The Hall–Kier alpha value is -1.79. The molecule has 0 aromatic carbocycles. The standard InChI is InChI=1S/C8H7F3N4/c1-4-2-6(12)14-7-5(8(9,10)11)3-13-15(4)7/h2-3H,1H3,(H2,12,14). The number of fused-ring (bicyclic) bond motifs is 1. The molecule has 4 nitrogen and oxygen atoms in total. The molecule has 0 radical (unpaired) electrons. The number of anilines is 1. The van der Waals surface area contributed by atoms with Gasteiger partial charge in [0.1, 0.15) is 11.4 Å². The molecule has 2 rings (SSSR count). The molecule has 0 atom stereocenters. The minimum Gasteiger partial charge on any atom is -0.384 e. The van der Waals surface area contributed by atoms with Crippen molar-refractivity contribution >= 4 is 11.5 Å². The van der Waals surface area contributed by atoms with E-state index in [0.717, 1.165) is 10.7 Å². The van der Waals surface area contributed by atoms with Crippen molar-refractivity contribution in [2.24, 2.45) is 0 Å². The topological polar surface area (TPSA) is 56.2 Å². The third-order valence-corrected chi connectivity index (χ3v) is 1.98. The number of halogens is 3. The lowest BCUT2D eigenvalue weighted by Crippen LogP contribution is -2.07. The molecule has 2 N–H and O–H groups in total. The van der Waals surface area contributed by atoms with Crippen LogP contribution in [0.1, 0.15) is 11.3 Å². The van der Waals surface area contributed by atoms with Crippen molar-refractivity contribution in [3.8, 4) is 0 Å². The van der Waals surface area contributed by atoms with Gasteiger partial charge in [-0.05, 0) is 6.92 Å². The van der Waals surface area contributed by atoms with Crippen molar-refractivity contribution in [3.05, 3.63) is 23.5 Å².